The van der Waals surface area contributed by atoms with Crippen molar-refractivity contribution in [1.82, 2.24) is 15.1 Å². The maximum absolute atomic E-state index is 11.4. The van der Waals surface area contributed by atoms with Gasteiger partial charge in [0, 0.05) is 22.4 Å². The first kappa shape index (κ1) is 12.9. The van der Waals surface area contributed by atoms with Crippen molar-refractivity contribution >= 4 is 21.7 Å². The minimum Gasteiger partial charge on any atom is -0.338 e. The number of Topliss-reactive ketones (excluding diaryl/α,β-unsaturated/α-hetero) is 1. The molecule has 0 amide bonds. The normalized spacial score (nSPS) is 12.4. The number of nitrogens with zero attached hydrogens (tertiary/aromatic N) is 3. The Morgan fingerprint density at radius 2 is 2.28 bits per heavy atom. The molecule has 1 atom stereocenters. The van der Waals surface area contributed by atoms with Crippen LogP contribution in [-0.4, -0.2) is 20.9 Å². The van der Waals surface area contributed by atoms with Crippen molar-refractivity contribution in [3.63, 3.8) is 0 Å². The molecule has 2 rings (SSSR count). The number of carbonyl (C=O) groups excluding carboxylic acids is 1. The maximum Gasteiger partial charge on any atom is 0.237 e. The first-order valence-corrected chi connectivity index (χ1v) is 6.36. The van der Waals surface area contributed by atoms with Crippen molar-refractivity contribution in [1.29, 1.82) is 0 Å². The lowest BCUT2D eigenvalue weighted by Gasteiger charge is -2.03. The van der Waals surface area contributed by atoms with Gasteiger partial charge in [0.2, 0.25) is 11.7 Å². The Labute approximate surface area is 113 Å². The van der Waals surface area contributed by atoms with Crippen molar-refractivity contribution in [2.45, 2.75) is 26.2 Å². The lowest BCUT2D eigenvalue weighted by Crippen LogP contribution is -2.07. The molecule has 0 aliphatic carbocycles. The zero-order valence-electron chi connectivity index (χ0n) is 10.1. The monoisotopic (exact) mass is 309 g/mol. The summed E-state index contributed by atoms with van der Waals surface area (Å²) in [5.41, 5.74) is 0.748. The minimum absolute atomic E-state index is 0.0278. The van der Waals surface area contributed by atoms with Crippen LogP contribution in [0.15, 0.2) is 27.5 Å². The number of ketones is 1. The van der Waals surface area contributed by atoms with Gasteiger partial charge in [-0.2, -0.15) is 4.98 Å². The molecule has 0 aromatic carbocycles. The van der Waals surface area contributed by atoms with Gasteiger partial charge in [-0.25, -0.2) is 0 Å². The predicted octanol–water partition coefficient (Wildman–Crippen LogP) is 2.98. The molecule has 5 nitrogen and oxygen atoms in total. The lowest BCUT2D eigenvalue weighted by atomic mass is 10.0. The minimum atomic E-state index is -0.327. The van der Waals surface area contributed by atoms with Crippen molar-refractivity contribution < 1.29 is 9.32 Å². The second kappa shape index (κ2) is 5.39. The van der Waals surface area contributed by atoms with E-state index >= 15 is 0 Å². The highest BCUT2D eigenvalue weighted by molar-refractivity contribution is 9.10. The lowest BCUT2D eigenvalue weighted by molar-refractivity contribution is -0.119. The van der Waals surface area contributed by atoms with Crippen LogP contribution in [0.2, 0.25) is 0 Å². The highest BCUT2D eigenvalue weighted by Gasteiger charge is 2.22. The fraction of sp³-hybridized carbons (Fsp3) is 0.333. The van der Waals surface area contributed by atoms with Crippen LogP contribution in [0.25, 0.3) is 11.4 Å². The van der Waals surface area contributed by atoms with E-state index in [4.69, 9.17) is 4.52 Å². The average molecular weight is 310 g/mol. The summed E-state index contributed by atoms with van der Waals surface area (Å²) in [5, 5.41) is 3.88. The third-order valence-electron chi connectivity index (χ3n) is 2.60. The summed E-state index contributed by atoms with van der Waals surface area (Å²) in [7, 11) is 0. The van der Waals surface area contributed by atoms with E-state index in [9.17, 15) is 4.79 Å². The van der Waals surface area contributed by atoms with Gasteiger partial charge < -0.3 is 4.52 Å². The number of aromatic nitrogens is 3. The van der Waals surface area contributed by atoms with Gasteiger partial charge in [0.25, 0.3) is 0 Å². The Bertz CT molecular complexity index is 568. The molecular formula is C12H12BrN3O2. The molecule has 0 N–H and O–H groups in total. The van der Waals surface area contributed by atoms with Crippen molar-refractivity contribution in [2.75, 3.05) is 0 Å². The zero-order valence-corrected chi connectivity index (χ0v) is 11.6. The SMILES string of the molecule is CCC(C(C)=O)c1nc(-c2cncc(Br)c2)no1. The molecule has 0 bridgehead atoms. The number of pyridine rings is 1. The fourth-order valence-corrected chi connectivity index (χ4v) is 2.03. The molecular weight excluding hydrogens is 298 g/mol. The van der Waals surface area contributed by atoms with Crippen LogP contribution < -0.4 is 0 Å². The summed E-state index contributed by atoms with van der Waals surface area (Å²) in [4.78, 5) is 19.7. The summed E-state index contributed by atoms with van der Waals surface area (Å²) in [6, 6.07) is 1.84. The molecule has 1 unspecified atom stereocenters. The molecule has 2 heterocycles. The molecule has 0 aliphatic heterocycles. The van der Waals surface area contributed by atoms with Crippen molar-refractivity contribution in [3.05, 3.63) is 28.8 Å². The van der Waals surface area contributed by atoms with Crippen LogP contribution in [0.1, 0.15) is 32.1 Å². The van der Waals surface area contributed by atoms with Crippen LogP contribution in [-0.2, 0) is 4.79 Å². The Balaban J connectivity index is 2.33. The number of hydrogen-bond donors (Lipinski definition) is 0. The van der Waals surface area contributed by atoms with Gasteiger partial charge in [-0.15, -0.1) is 0 Å². The van der Waals surface area contributed by atoms with E-state index in [0.717, 1.165) is 10.0 Å². The molecule has 0 aliphatic rings. The van der Waals surface area contributed by atoms with E-state index in [1.165, 1.54) is 6.92 Å². The summed E-state index contributed by atoms with van der Waals surface area (Å²) < 4.78 is 5.99. The van der Waals surface area contributed by atoms with Gasteiger partial charge in [-0.3, -0.25) is 9.78 Å². The van der Waals surface area contributed by atoms with Gasteiger partial charge in [0.05, 0.1) is 5.92 Å². The number of rotatable bonds is 4. The Kier molecular flexibility index (Phi) is 3.86. The third-order valence-corrected chi connectivity index (χ3v) is 3.04. The molecule has 0 fully saturated rings. The van der Waals surface area contributed by atoms with E-state index in [1.54, 1.807) is 12.4 Å². The molecule has 0 saturated heterocycles. The number of hydrogen-bond acceptors (Lipinski definition) is 5. The van der Waals surface area contributed by atoms with Crippen LogP contribution in [0.3, 0.4) is 0 Å². The summed E-state index contributed by atoms with van der Waals surface area (Å²) in [6.45, 7) is 3.44. The molecule has 0 spiro atoms. The molecule has 2 aromatic heterocycles. The first-order chi connectivity index (χ1) is 8.61. The summed E-state index contributed by atoms with van der Waals surface area (Å²) >= 11 is 3.33. The van der Waals surface area contributed by atoms with Crippen molar-refractivity contribution in [2.24, 2.45) is 0 Å². The van der Waals surface area contributed by atoms with E-state index in [-0.39, 0.29) is 11.7 Å². The van der Waals surface area contributed by atoms with Gasteiger partial charge in [-0.05, 0) is 35.3 Å². The first-order valence-electron chi connectivity index (χ1n) is 5.56. The predicted molar refractivity (Wildman–Crippen MR) is 68.9 cm³/mol. The summed E-state index contributed by atoms with van der Waals surface area (Å²) in [6.07, 6.45) is 3.97. The van der Waals surface area contributed by atoms with Crippen LogP contribution in [0, 0.1) is 0 Å². The van der Waals surface area contributed by atoms with Crippen molar-refractivity contribution in [3.8, 4) is 11.4 Å². The van der Waals surface area contributed by atoms with Gasteiger partial charge in [-0.1, -0.05) is 12.1 Å². The second-order valence-electron chi connectivity index (χ2n) is 3.92. The highest BCUT2D eigenvalue weighted by Crippen LogP contribution is 2.23. The zero-order chi connectivity index (χ0) is 13.1. The van der Waals surface area contributed by atoms with E-state index in [0.29, 0.717) is 18.1 Å². The van der Waals surface area contributed by atoms with Gasteiger partial charge >= 0.3 is 0 Å². The highest BCUT2D eigenvalue weighted by atomic mass is 79.9. The summed E-state index contributed by atoms with van der Waals surface area (Å²) in [5.74, 6) is 0.505. The molecule has 0 radical (unpaired) electrons. The topological polar surface area (TPSA) is 68.9 Å². The molecule has 18 heavy (non-hydrogen) atoms. The fourth-order valence-electron chi connectivity index (χ4n) is 1.66. The number of halogens is 1. The van der Waals surface area contributed by atoms with Crippen LogP contribution >= 0.6 is 15.9 Å². The third kappa shape index (κ3) is 2.64. The van der Waals surface area contributed by atoms with Crippen LogP contribution in [0.5, 0.6) is 0 Å². The molecule has 94 valence electrons. The second-order valence-corrected chi connectivity index (χ2v) is 4.84. The average Bonchev–Trinajstić information content (AvgIpc) is 2.79. The largest absolute Gasteiger partial charge is 0.338 e. The smallest absolute Gasteiger partial charge is 0.237 e. The van der Waals surface area contributed by atoms with E-state index in [1.807, 2.05) is 13.0 Å². The van der Waals surface area contributed by atoms with E-state index in [2.05, 4.69) is 31.1 Å². The Morgan fingerprint density at radius 3 is 2.89 bits per heavy atom. The Hall–Kier alpha value is -1.56. The molecule has 2 aromatic rings. The maximum atomic E-state index is 11.4. The van der Waals surface area contributed by atoms with Gasteiger partial charge in [0.1, 0.15) is 5.78 Å². The number of carbonyl (C=O) groups is 1. The molecule has 6 heteroatoms. The Morgan fingerprint density at radius 1 is 1.50 bits per heavy atom. The van der Waals surface area contributed by atoms with Crippen LogP contribution in [0.4, 0.5) is 0 Å². The standard InChI is InChI=1S/C12H12BrN3O2/c1-3-10(7(2)17)12-15-11(16-18-12)8-4-9(13)6-14-5-8/h4-6,10H,3H2,1-2H3. The molecule has 0 saturated carbocycles. The van der Waals surface area contributed by atoms with E-state index < -0.39 is 0 Å². The quantitative estimate of drug-likeness (QED) is 0.868. The van der Waals surface area contributed by atoms with Gasteiger partial charge in [0.15, 0.2) is 0 Å².